The lowest BCUT2D eigenvalue weighted by Crippen LogP contribution is -2.55. The standard InChI is InChI=1S/C30H27BrClN3O5/c31-21-15-30-24(23(25(21)40-30)27(37)33-19-9-5-2-6-10-19)29(39)35(22(16-36)17-7-3-1-4-8-17)26(30)28(38)34-20-13-11-18(32)12-14-20/h1-14,21-26,36H,15-16H2,(H,33,37)(H,34,38)/t21?,22-,23+,24+,25+,26?,30?/m1/s1. The van der Waals surface area contributed by atoms with Crippen molar-refractivity contribution < 1.29 is 24.2 Å². The summed E-state index contributed by atoms with van der Waals surface area (Å²) in [5, 5.41) is 16.9. The normalized spacial score (nSPS) is 29.2. The predicted molar refractivity (Wildman–Crippen MR) is 154 cm³/mol. The molecule has 3 aromatic carbocycles. The summed E-state index contributed by atoms with van der Waals surface area (Å²) in [6, 6.07) is 22.8. The van der Waals surface area contributed by atoms with Crippen molar-refractivity contribution in [2.75, 3.05) is 17.2 Å². The van der Waals surface area contributed by atoms with Crippen LogP contribution in [0.2, 0.25) is 5.02 Å². The molecule has 1 spiro atoms. The lowest BCUT2D eigenvalue weighted by atomic mass is 9.70. The minimum Gasteiger partial charge on any atom is -0.394 e. The second-order valence-electron chi connectivity index (χ2n) is 10.4. The number of hydrogen-bond donors (Lipinski definition) is 3. The molecule has 3 aliphatic rings. The van der Waals surface area contributed by atoms with Crippen LogP contribution in [0.5, 0.6) is 0 Å². The van der Waals surface area contributed by atoms with Crippen molar-refractivity contribution in [3.63, 3.8) is 0 Å². The first-order valence-corrected chi connectivity index (χ1v) is 14.4. The van der Waals surface area contributed by atoms with Crippen LogP contribution in [-0.4, -0.2) is 56.9 Å². The van der Waals surface area contributed by atoms with Crippen molar-refractivity contribution in [1.29, 1.82) is 0 Å². The van der Waals surface area contributed by atoms with Crippen LogP contribution in [0.15, 0.2) is 84.9 Å². The summed E-state index contributed by atoms with van der Waals surface area (Å²) in [6.07, 6.45) is -0.249. The highest BCUT2D eigenvalue weighted by Gasteiger charge is 2.77. The van der Waals surface area contributed by atoms with Gasteiger partial charge in [-0.15, -0.1) is 0 Å². The molecule has 206 valence electrons. The van der Waals surface area contributed by atoms with Crippen molar-refractivity contribution >= 4 is 56.6 Å². The zero-order valence-electron chi connectivity index (χ0n) is 21.2. The van der Waals surface area contributed by atoms with E-state index in [4.69, 9.17) is 16.3 Å². The Balaban J connectivity index is 1.42. The molecule has 0 aliphatic carbocycles. The van der Waals surface area contributed by atoms with Crippen LogP contribution in [0, 0.1) is 11.8 Å². The molecule has 3 saturated heterocycles. The highest BCUT2D eigenvalue weighted by atomic mass is 79.9. The van der Waals surface area contributed by atoms with Gasteiger partial charge in [0.1, 0.15) is 11.6 Å². The molecule has 3 heterocycles. The second-order valence-corrected chi connectivity index (χ2v) is 12.0. The fourth-order valence-electron chi connectivity index (χ4n) is 6.52. The van der Waals surface area contributed by atoms with Crippen molar-refractivity contribution in [2.45, 2.75) is 35.0 Å². The van der Waals surface area contributed by atoms with Gasteiger partial charge < -0.3 is 25.4 Å². The van der Waals surface area contributed by atoms with Crippen LogP contribution in [0.3, 0.4) is 0 Å². The smallest absolute Gasteiger partial charge is 0.250 e. The third-order valence-electron chi connectivity index (χ3n) is 8.12. The number of halogens is 2. The van der Waals surface area contributed by atoms with E-state index in [-0.39, 0.29) is 10.7 Å². The van der Waals surface area contributed by atoms with Crippen molar-refractivity contribution in [1.82, 2.24) is 4.90 Å². The molecule has 0 radical (unpaired) electrons. The number of nitrogens with one attached hydrogen (secondary N) is 2. The molecule has 2 bridgehead atoms. The molecule has 7 atom stereocenters. The molecule has 3 aromatic rings. The van der Waals surface area contributed by atoms with E-state index in [1.165, 1.54) is 4.90 Å². The minimum absolute atomic E-state index is 0.252. The van der Waals surface area contributed by atoms with E-state index in [2.05, 4.69) is 26.6 Å². The summed E-state index contributed by atoms with van der Waals surface area (Å²) >= 11 is 9.71. The largest absolute Gasteiger partial charge is 0.394 e. The number of benzene rings is 3. The third-order valence-corrected chi connectivity index (χ3v) is 9.22. The molecule has 6 rings (SSSR count). The van der Waals surface area contributed by atoms with E-state index in [1.54, 1.807) is 48.5 Å². The Kier molecular flexibility index (Phi) is 7.16. The lowest BCUT2D eigenvalue weighted by molar-refractivity contribution is -0.143. The number of rotatable bonds is 7. The van der Waals surface area contributed by atoms with Crippen LogP contribution < -0.4 is 10.6 Å². The number of alkyl halides is 1. The number of aliphatic hydroxyl groups is 1. The van der Waals surface area contributed by atoms with Crippen LogP contribution in [0.25, 0.3) is 0 Å². The van der Waals surface area contributed by atoms with E-state index in [0.717, 1.165) is 0 Å². The van der Waals surface area contributed by atoms with Crippen LogP contribution in [-0.2, 0) is 19.1 Å². The molecular formula is C30H27BrClN3O5. The first-order chi connectivity index (χ1) is 19.3. The topological polar surface area (TPSA) is 108 Å². The number of carbonyl (C=O) groups excluding carboxylic acids is 3. The molecule has 8 nitrogen and oxygen atoms in total. The van der Waals surface area contributed by atoms with Gasteiger partial charge in [-0.25, -0.2) is 0 Å². The number of amides is 3. The predicted octanol–water partition coefficient (Wildman–Crippen LogP) is 4.40. The van der Waals surface area contributed by atoms with Crippen LogP contribution in [0.1, 0.15) is 18.0 Å². The number of nitrogens with zero attached hydrogens (tertiary/aromatic N) is 1. The van der Waals surface area contributed by atoms with E-state index in [0.29, 0.717) is 28.4 Å². The number of anilines is 2. The van der Waals surface area contributed by atoms with E-state index < -0.39 is 54.0 Å². The quantitative estimate of drug-likeness (QED) is 0.338. The first kappa shape index (κ1) is 27.0. The van der Waals surface area contributed by atoms with Gasteiger partial charge in [-0.3, -0.25) is 14.4 Å². The minimum atomic E-state index is -1.27. The van der Waals surface area contributed by atoms with Gasteiger partial charge in [0.15, 0.2) is 0 Å². The van der Waals surface area contributed by atoms with E-state index in [1.807, 2.05) is 36.4 Å². The van der Waals surface area contributed by atoms with E-state index in [9.17, 15) is 19.5 Å². The number of likely N-dealkylation sites (tertiary alicyclic amines) is 1. The summed E-state index contributed by atoms with van der Waals surface area (Å²) in [4.78, 5) is 43.3. The van der Waals surface area contributed by atoms with Gasteiger partial charge in [0.2, 0.25) is 17.7 Å². The fourth-order valence-corrected chi connectivity index (χ4v) is 7.59. The monoisotopic (exact) mass is 623 g/mol. The second kappa shape index (κ2) is 10.6. The molecule has 3 unspecified atom stereocenters. The van der Waals surface area contributed by atoms with Gasteiger partial charge in [-0.2, -0.15) is 0 Å². The highest BCUT2D eigenvalue weighted by Crippen LogP contribution is 2.61. The zero-order chi connectivity index (χ0) is 28.0. The number of hydrogen-bond acceptors (Lipinski definition) is 5. The lowest BCUT2D eigenvalue weighted by Gasteiger charge is -2.37. The van der Waals surface area contributed by atoms with Crippen molar-refractivity contribution in [3.8, 4) is 0 Å². The van der Waals surface area contributed by atoms with Gasteiger partial charge in [0.05, 0.1) is 30.6 Å². The highest BCUT2D eigenvalue weighted by molar-refractivity contribution is 9.09. The van der Waals surface area contributed by atoms with Crippen molar-refractivity contribution in [3.05, 3.63) is 95.5 Å². The Morgan fingerprint density at radius 1 is 0.975 bits per heavy atom. The Morgan fingerprint density at radius 2 is 1.57 bits per heavy atom. The number of carbonyl (C=O) groups is 3. The Morgan fingerprint density at radius 3 is 2.23 bits per heavy atom. The molecule has 0 saturated carbocycles. The van der Waals surface area contributed by atoms with Gasteiger partial charge >= 0.3 is 0 Å². The number of aliphatic hydroxyl groups excluding tert-OH is 1. The fraction of sp³-hybridized carbons (Fsp3) is 0.300. The summed E-state index contributed by atoms with van der Waals surface area (Å²) in [5.41, 5.74) is 0.512. The van der Waals surface area contributed by atoms with Gasteiger partial charge in [0.25, 0.3) is 0 Å². The molecule has 40 heavy (non-hydrogen) atoms. The average molecular weight is 625 g/mol. The maximum absolute atomic E-state index is 14.4. The van der Waals surface area contributed by atoms with Gasteiger partial charge in [-0.1, -0.05) is 76.1 Å². The number of fused-ring (bicyclic) bond motifs is 1. The van der Waals surface area contributed by atoms with Crippen molar-refractivity contribution in [2.24, 2.45) is 11.8 Å². The van der Waals surface area contributed by atoms with Crippen LogP contribution >= 0.6 is 27.5 Å². The van der Waals surface area contributed by atoms with Gasteiger partial charge in [0, 0.05) is 21.2 Å². The first-order valence-electron chi connectivity index (χ1n) is 13.1. The Bertz CT molecular complexity index is 1430. The number of ether oxygens (including phenoxy) is 1. The molecule has 10 heteroatoms. The zero-order valence-corrected chi connectivity index (χ0v) is 23.6. The molecular weight excluding hydrogens is 598 g/mol. The molecule has 3 amide bonds. The molecule has 3 aliphatic heterocycles. The summed E-state index contributed by atoms with van der Waals surface area (Å²) in [5.74, 6) is -2.95. The average Bonchev–Trinajstić information content (AvgIpc) is 3.55. The maximum Gasteiger partial charge on any atom is 0.250 e. The molecule has 3 fully saturated rings. The molecule has 0 aromatic heterocycles. The van der Waals surface area contributed by atoms with Gasteiger partial charge in [-0.05, 0) is 48.4 Å². The summed E-state index contributed by atoms with van der Waals surface area (Å²) < 4.78 is 6.56. The van der Waals surface area contributed by atoms with Crippen LogP contribution in [0.4, 0.5) is 11.4 Å². The SMILES string of the molecule is O=C(Nc1ccc(Cl)cc1)C1N([C@H](CO)c2ccccc2)C(=O)[C@@H]2[C@H](C(=O)Nc3ccccc3)[C@H]3OC12CC3Br. The summed E-state index contributed by atoms with van der Waals surface area (Å²) in [6.45, 7) is -0.411. The Hall–Kier alpha value is -3.24. The maximum atomic E-state index is 14.4. The molecule has 3 N–H and O–H groups in total. The van der Waals surface area contributed by atoms with E-state index >= 15 is 0 Å². The Labute approximate surface area is 244 Å². The number of para-hydroxylation sites is 1. The summed E-state index contributed by atoms with van der Waals surface area (Å²) in [7, 11) is 0. The third kappa shape index (κ3) is 4.41.